The Morgan fingerprint density at radius 1 is 1.75 bits per heavy atom. The van der Waals surface area contributed by atoms with Crippen LogP contribution in [0.4, 0.5) is 5.82 Å². The highest BCUT2D eigenvalue weighted by molar-refractivity contribution is 6.60. The van der Waals surface area contributed by atoms with E-state index in [0.717, 1.165) is 10.9 Å². The number of nitrogens with zero attached hydrogens (tertiary/aromatic N) is 3. The first-order valence-electron chi connectivity index (χ1n) is 3.06. The summed E-state index contributed by atoms with van der Waals surface area (Å²) >= 11 is 0. The standard InChI is InChI=1S/C4H6BN3O4/c1-7-4(8(11)12)3(2-6-7)5(9)10/h2,9-10H,1H3. The number of aryl methyl sites for hydroxylation is 1. The molecule has 1 aromatic heterocycles. The second-order valence-corrected chi connectivity index (χ2v) is 2.18. The third-order valence-electron chi connectivity index (χ3n) is 1.39. The van der Waals surface area contributed by atoms with E-state index in [-0.39, 0.29) is 5.46 Å². The van der Waals surface area contributed by atoms with Crippen LogP contribution in [-0.4, -0.2) is 31.9 Å². The number of aromatic nitrogens is 2. The number of hydrogen-bond donors (Lipinski definition) is 2. The van der Waals surface area contributed by atoms with E-state index in [9.17, 15) is 10.1 Å². The van der Waals surface area contributed by atoms with Crippen molar-refractivity contribution >= 4 is 18.4 Å². The van der Waals surface area contributed by atoms with Gasteiger partial charge < -0.3 is 20.2 Å². The zero-order valence-corrected chi connectivity index (χ0v) is 6.21. The third-order valence-corrected chi connectivity index (χ3v) is 1.39. The van der Waals surface area contributed by atoms with Crippen LogP contribution in [0.15, 0.2) is 6.20 Å². The van der Waals surface area contributed by atoms with E-state index >= 15 is 0 Å². The molecule has 1 rings (SSSR count). The van der Waals surface area contributed by atoms with Crippen molar-refractivity contribution in [3.63, 3.8) is 0 Å². The lowest BCUT2D eigenvalue weighted by Crippen LogP contribution is -2.31. The van der Waals surface area contributed by atoms with Gasteiger partial charge in [-0.2, -0.15) is 0 Å². The van der Waals surface area contributed by atoms with Crippen LogP contribution in [0, 0.1) is 10.1 Å². The number of rotatable bonds is 2. The van der Waals surface area contributed by atoms with Crippen molar-refractivity contribution in [1.29, 1.82) is 0 Å². The Bertz CT molecular complexity index is 309. The van der Waals surface area contributed by atoms with E-state index in [1.807, 2.05) is 0 Å². The van der Waals surface area contributed by atoms with E-state index in [1.54, 1.807) is 0 Å². The molecule has 7 nitrogen and oxygen atoms in total. The first-order valence-corrected chi connectivity index (χ1v) is 3.06. The Morgan fingerprint density at radius 3 is 2.67 bits per heavy atom. The summed E-state index contributed by atoms with van der Waals surface area (Å²) in [7, 11) is -0.511. The zero-order chi connectivity index (χ0) is 9.30. The maximum atomic E-state index is 10.3. The minimum atomic E-state index is -1.86. The largest absolute Gasteiger partial charge is 0.498 e. The van der Waals surface area contributed by atoms with Crippen molar-refractivity contribution in [2.75, 3.05) is 0 Å². The normalized spacial score (nSPS) is 9.92. The number of nitro groups is 1. The summed E-state index contributed by atoms with van der Waals surface area (Å²) in [6, 6.07) is 0. The van der Waals surface area contributed by atoms with Crippen LogP contribution in [0.5, 0.6) is 0 Å². The summed E-state index contributed by atoms with van der Waals surface area (Å²) in [5.41, 5.74) is -0.206. The molecule has 0 saturated carbocycles. The lowest BCUT2D eigenvalue weighted by Gasteiger charge is -1.96. The van der Waals surface area contributed by atoms with Crippen LogP contribution in [0.1, 0.15) is 0 Å². The molecule has 0 saturated heterocycles. The summed E-state index contributed by atoms with van der Waals surface area (Å²) in [6.07, 6.45) is 1.04. The van der Waals surface area contributed by atoms with Gasteiger partial charge in [-0.05, 0) is 4.92 Å². The molecule has 0 bridgehead atoms. The molecular formula is C4H6BN3O4. The molecular weight excluding hydrogens is 165 g/mol. The predicted octanol–water partition coefficient (Wildman–Crippen LogP) is -1.99. The van der Waals surface area contributed by atoms with Gasteiger partial charge in [0.25, 0.3) is 0 Å². The van der Waals surface area contributed by atoms with Crippen LogP contribution < -0.4 is 5.46 Å². The van der Waals surface area contributed by atoms with E-state index in [2.05, 4.69) is 5.10 Å². The van der Waals surface area contributed by atoms with Gasteiger partial charge in [0.15, 0.2) is 0 Å². The lowest BCUT2D eigenvalue weighted by molar-refractivity contribution is -0.391. The second-order valence-electron chi connectivity index (χ2n) is 2.18. The van der Waals surface area contributed by atoms with Gasteiger partial charge in [-0.1, -0.05) is 5.10 Å². The molecule has 0 radical (unpaired) electrons. The predicted molar refractivity (Wildman–Crippen MR) is 39.7 cm³/mol. The lowest BCUT2D eigenvalue weighted by atomic mass is 9.82. The molecule has 0 unspecified atom stereocenters. The van der Waals surface area contributed by atoms with Crippen molar-refractivity contribution in [3.05, 3.63) is 16.3 Å². The monoisotopic (exact) mass is 171 g/mol. The fraction of sp³-hybridized carbons (Fsp3) is 0.250. The summed E-state index contributed by atoms with van der Waals surface area (Å²) in [4.78, 5) is 9.61. The molecule has 2 N–H and O–H groups in total. The van der Waals surface area contributed by atoms with E-state index < -0.39 is 17.9 Å². The molecule has 0 aliphatic heterocycles. The maximum absolute atomic E-state index is 10.3. The topological polar surface area (TPSA) is 101 Å². The van der Waals surface area contributed by atoms with Crippen LogP contribution >= 0.6 is 0 Å². The number of hydrogen-bond acceptors (Lipinski definition) is 5. The van der Waals surface area contributed by atoms with Crippen molar-refractivity contribution in [1.82, 2.24) is 9.78 Å². The highest BCUT2D eigenvalue weighted by atomic mass is 16.6. The van der Waals surface area contributed by atoms with Crippen molar-refractivity contribution in [3.8, 4) is 0 Å². The van der Waals surface area contributed by atoms with Crippen LogP contribution in [-0.2, 0) is 7.05 Å². The molecule has 0 aliphatic carbocycles. The Morgan fingerprint density at radius 2 is 2.33 bits per heavy atom. The highest BCUT2D eigenvalue weighted by Crippen LogP contribution is 2.04. The Labute approximate surface area is 67.5 Å². The smallest absolute Gasteiger partial charge is 0.423 e. The molecule has 64 valence electrons. The third kappa shape index (κ3) is 1.29. The summed E-state index contributed by atoms with van der Waals surface area (Å²) in [6.45, 7) is 0. The minimum absolute atomic E-state index is 0.206. The van der Waals surface area contributed by atoms with Gasteiger partial charge in [-0.3, -0.25) is 0 Å². The van der Waals surface area contributed by atoms with Crippen LogP contribution in [0.25, 0.3) is 0 Å². The Kier molecular flexibility index (Phi) is 2.11. The first-order chi connectivity index (χ1) is 5.54. The fourth-order valence-corrected chi connectivity index (χ4v) is 0.854. The molecule has 0 aromatic carbocycles. The highest BCUT2D eigenvalue weighted by Gasteiger charge is 2.27. The van der Waals surface area contributed by atoms with Gasteiger partial charge in [-0.25, -0.2) is 0 Å². The second kappa shape index (κ2) is 2.91. The van der Waals surface area contributed by atoms with Gasteiger partial charge in [-0.15, -0.1) is 4.68 Å². The zero-order valence-electron chi connectivity index (χ0n) is 6.21. The Balaban J connectivity index is 3.21. The van der Waals surface area contributed by atoms with Crippen molar-refractivity contribution in [2.24, 2.45) is 7.05 Å². The van der Waals surface area contributed by atoms with Gasteiger partial charge >= 0.3 is 12.9 Å². The quantitative estimate of drug-likeness (QED) is 0.304. The molecule has 0 spiro atoms. The molecule has 8 heteroatoms. The molecule has 1 aromatic rings. The maximum Gasteiger partial charge on any atom is 0.498 e. The SMILES string of the molecule is Cn1ncc(B(O)O)c1[N+](=O)[O-]. The minimum Gasteiger partial charge on any atom is -0.423 e. The van der Waals surface area contributed by atoms with E-state index in [1.165, 1.54) is 7.05 Å². The molecule has 0 aliphatic rings. The van der Waals surface area contributed by atoms with Crippen molar-refractivity contribution in [2.45, 2.75) is 0 Å². The molecule has 12 heavy (non-hydrogen) atoms. The van der Waals surface area contributed by atoms with Crippen molar-refractivity contribution < 1.29 is 15.0 Å². The molecule has 0 fully saturated rings. The van der Waals surface area contributed by atoms with Crippen LogP contribution in [0.3, 0.4) is 0 Å². The molecule has 0 amide bonds. The summed E-state index contributed by atoms with van der Waals surface area (Å²) < 4.78 is 0.967. The van der Waals surface area contributed by atoms with Gasteiger partial charge in [0, 0.05) is 0 Å². The average molecular weight is 171 g/mol. The van der Waals surface area contributed by atoms with Crippen LogP contribution in [0.2, 0.25) is 0 Å². The fourth-order valence-electron chi connectivity index (χ4n) is 0.854. The average Bonchev–Trinajstić information content (AvgIpc) is 2.30. The Hall–Kier alpha value is -1.41. The van der Waals surface area contributed by atoms with E-state index in [0.29, 0.717) is 0 Å². The van der Waals surface area contributed by atoms with Gasteiger partial charge in [0.2, 0.25) is 0 Å². The summed E-state index contributed by atoms with van der Waals surface area (Å²) in [5.74, 6) is -0.412. The van der Waals surface area contributed by atoms with Gasteiger partial charge in [0.05, 0.1) is 11.7 Å². The molecule has 0 atom stereocenters. The van der Waals surface area contributed by atoms with Gasteiger partial charge in [0.1, 0.15) is 7.05 Å². The molecule has 1 heterocycles. The summed E-state index contributed by atoms with van der Waals surface area (Å²) in [5, 5.41) is 31.2. The first kappa shape index (κ1) is 8.69. The van der Waals surface area contributed by atoms with E-state index in [4.69, 9.17) is 10.0 Å².